The van der Waals surface area contributed by atoms with Crippen molar-refractivity contribution in [3.63, 3.8) is 0 Å². The highest BCUT2D eigenvalue weighted by Gasteiger charge is 2.10. The van der Waals surface area contributed by atoms with Gasteiger partial charge in [-0.2, -0.15) is 0 Å². The first-order chi connectivity index (χ1) is 10.2. The second kappa shape index (κ2) is 5.69. The molecule has 0 spiro atoms. The third kappa shape index (κ3) is 2.56. The van der Waals surface area contributed by atoms with Crippen molar-refractivity contribution < 1.29 is 4.74 Å². The maximum atomic E-state index is 12.4. The summed E-state index contributed by atoms with van der Waals surface area (Å²) in [6.45, 7) is 2.08. The van der Waals surface area contributed by atoms with Gasteiger partial charge in [0.1, 0.15) is 5.75 Å². The number of fused-ring (bicyclic) bond motifs is 1. The normalized spacial score (nSPS) is 11.0. The molecular formula is C16H16N2O2S. The minimum atomic E-state index is -0.0180. The summed E-state index contributed by atoms with van der Waals surface area (Å²) in [5.74, 6) is 0.800. The van der Waals surface area contributed by atoms with Crippen molar-refractivity contribution in [2.24, 2.45) is 0 Å². The van der Waals surface area contributed by atoms with Crippen LogP contribution < -0.4 is 10.3 Å². The molecule has 0 N–H and O–H groups in total. The molecule has 0 aliphatic rings. The highest BCUT2D eigenvalue weighted by atomic mass is 32.1. The highest BCUT2D eigenvalue weighted by Crippen LogP contribution is 2.25. The van der Waals surface area contributed by atoms with Gasteiger partial charge in [-0.25, -0.2) is 4.98 Å². The van der Waals surface area contributed by atoms with E-state index >= 15 is 0 Å². The molecule has 2 heterocycles. The molecule has 0 amide bonds. The zero-order valence-electron chi connectivity index (χ0n) is 12.0. The van der Waals surface area contributed by atoms with Crippen LogP contribution in [-0.2, 0) is 6.42 Å². The summed E-state index contributed by atoms with van der Waals surface area (Å²) in [6.07, 6.45) is 1.82. The predicted octanol–water partition coefficient (Wildman–Crippen LogP) is 3.38. The SMILES string of the molecule is CCCc1cc(=O)n2c(-c3ccc(OC)cc3)csc2n1. The molecule has 3 aromatic rings. The fourth-order valence-corrected chi connectivity index (χ4v) is 3.23. The van der Waals surface area contributed by atoms with Gasteiger partial charge in [-0.1, -0.05) is 13.3 Å². The second-order valence-corrected chi connectivity index (χ2v) is 5.64. The topological polar surface area (TPSA) is 43.6 Å². The Hall–Kier alpha value is -2.14. The first-order valence-corrected chi connectivity index (χ1v) is 7.75. The summed E-state index contributed by atoms with van der Waals surface area (Å²) in [4.78, 5) is 17.7. The van der Waals surface area contributed by atoms with E-state index < -0.39 is 0 Å². The minimum absolute atomic E-state index is 0.0180. The van der Waals surface area contributed by atoms with Crippen LogP contribution in [0.25, 0.3) is 16.2 Å². The van der Waals surface area contributed by atoms with E-state index in [1.165, 1.54) is 11.3 Å². The average molecular weight is 300 g/mol. The number of rotatable bonds is 4. The maximum Gasteiger partial charge on any atom is 0.259 e. The molecule has 1 aromatic carbocycles. The molecule has 2 aromatic heterocycles. The molecule has 3 rings (SSSR count). The van der Waals surface area contributed by atoms with Crippen molar-refractivity contribution in [3.8, 4) is 17.0 Å². The monoisotopic (exact) mass is 300 g/mol. The first-order valence-electron chi connectivity index (χ1n) is 6.87. The molecule has 21 heavy (non-hydrogen) atoms. The maximum absolute atomic E-state index is 12.4. The van der Waals surface area contributed by atoms with Crippen molar-refractivity contribution in [3.05, 3.63) is 51.8 Å². The molecule has 4 nitrogen and oxygen atoms in total. The zero-order chi connectivity index (χ0) is 14.8. The summed E-state index contributed by atoms with van der Waals surface area (Å²) in [6, 6.07) is 9.32. The summed E-state index contributed by atoms with van der Waals surface area (Å²) in [5, 5.41) is 1.97. The molecule has 5 heteroatoms. The van der Waals surface area contributed by atoms with Crippen LogP contribution in [0.4, 0.5) is 0 Å². The smallest absolute Gasteiger partial charge is 0.259 e. The molecule has 0 atom stereocenters. The van der Waals surface area contributed by atoms with Gasteiger partial charge in [0, 0.05) is 17.1 Å². The lowest BCUT2D eigenvalue weighted by Crippen LogP contribution is -2.14. The zero-order valence-corrected chi connectivity index (χ0v) is 12.8. The Morgan fingerprint density at radius 1 is 1.29 bits per heavy atom. The molecule has 108 valence electrons. The van der Waals surface area contributed by atoms with Gasteiger partial charge in [0.2, 0.25) is 0 Å². The summed E-state index contributed by atoms with van der Waals surface area (Å²) >= 11 is 1.49. The van der Waals surface area contributed by atoms with Gasteiger partial charge in [0.15, 0.2) is 4.96 Å². The van der Waals surface area contributed by atoms with E-state index in [1.54, 1.807) is 17.6 Å². The Labute approximate surface area is 126 Å². The van der Waals surface area contributed by atoms with Crippen LogP contribution in [0.2, 0.25) is 0 Å². The number of hydrogen-bond acceptors (Lipinski definition) is 4. The summed E-state index contributed by atoms with van der Waals surface area (Å²) < 4.78 is 6.83. The molecule has 0 fully saturated rings. The van der Waals surface area contributed by atoms with E-state index in [2.05, 4.69) is 11.9 Å². The van der Waals surface area contributed by atoms with Crippen LogP contribution in [0.1, 0.15) is 19.0 Å². The largest absolute Gasteiger partial charge is 0.497 e. The average Bonchev–Trinajstić information content (AvgIpc) is 2.92. The quantitative estimate of drug-likeness (QED) is 0.742. The van der Waals surface area contributed by atoms with Crippen molar-refractivity contribution >= 4 is 16.3 Å². The number of hydrogen-bond donors (Lipinski definition) is 0. The number of aryl methyl sites for hydroxylation is 1. The second-order valence-electron chi connectivity index (χ2n) is 4.80. The number of thiazole rings is 1. The summed E-state index contributed by atoms with van der Waals surface area (Å²) in [7, 11) is 1.64. The number of ether oxygens (including phenoxy) is 1. The van der Waals surface area contributed by atoms with E-state index in [-0.39, 0.29) is 5.56 Å². The number of nitrogens with zero attached hydrogens (tertiary/aromatic N) is 2. The molecule has 0 unspecified atom stereocenters. The van der Waals surface area contributed by atoms with E-state index in [1.807, 2.05) is 29.6 Å². The van der Waals surface area contributed by atoms with Gasteiger partial charge in [0.05, 0.1) is 12.8 Å². The summed E-state index contributed by atoms with van der Waals surface area (Å²) in [5.41, 5.74) is 2.70. The third-order valence-corrected chi connectivity index (χ3v) is 4.18. The molecule has 0 aliphatic heterocycles. The van der Waals surface area contributed by atoms with Crippen LogP contribution in [0.15, 0.2) is 40.5 Å². The van der Waals surface area contributed by atoms with Gasteiger partial charge >= 0.3 is 0 Å². The molecule has 0 aliphatic carbocycles. The van der Waals surface area contributed by atoms with Crippen LogP contribution in [0.5, 0.6) is 5.75 Å². The highest BCUT2D eigenvalue weighted by molar-refractivity contribution is 7.15. The lowest BCUT2D eigenvalue weighted by Gasteiger charge is -2.04. The minimum Gasteiger partial charge on any atom is -0.497 e. The Morgan fingerprint density at radius 3 is 2.71 bits per heavy atom. The number of aromatic nitrogens is 2. The third-order valence-electron chi connectivity index (χ3n) is 3.35. The van der Waals surface area contributed by atoms with E-state index in [9.17, 15) is 4.79 Å². The van der Waals surface area contributed by atoms with Crippen molar-refractivity contribution in [1.29, 1.82) is 0 Å². The Balaban J connectivity index is 2.13. The Bertz CT molecular complexity index is 818. The van der Waals surface area contributed by atoms with Gasteiger partial charge in [-0.05, 0) is 36.2 Å². The van der Waals surface area contributed by atoms with Crippen LogP contribution in [0.3, 0.4) is 0 Å². The van der Waals surface area contributed by atoms with Gasteiger partial charge in [0.25, 0.3) is 5.56 Å². The molecule has 0 saturated carbocycles. The van der Waals surface area contributed by atoms with Crippen molar-refractivity contribution in [2.45, 2.75) is 19.8 Å². The van der Waals surface area contributed by atoms with E-state index in [0.717, 1.165) is 40.5 Å². The molecule has 0 radical (unpaired) electrons. The number of methoxy groups -OCH3 is 1. The van der Waals surface area contributed by atoms with Crippen LogP contribution in [-0.4, -0.2) is 16.5 Å². The first kappa shape index (κ1) is 13.8. The number of benzene rings is 1. The fourth-order valence-electron chi connectivity index (χ4n) is 2.31. The van der Waals surface area contributed by atoms with Crippen LogP contribution in [0, 0.1) is 0 Å². The molecule has 0 saturated heterocycles. The predicted molar refractivity (Wildman–Crippen MR) is 85.3 cm³/mol. The molecular weight excluding hydrogens is 284 g/mol. The standard InChI is InChI=1S/C16H16N2O2S/c1-3-4-12-9-15(19)18-14(10-21-16(18)17-12)11-5-7-13(20-2)8-6-11/h5-10H,3-4H2,1-2H3. The van der Waals surface area contributed by atoms with E-state index in [0.29, 0.717) is 0 Å². The van der Waals surface area contributed by atoms with Gasteiger partial charge in [-0.3, -0.25) is 9.20 Å². The van der Waals surface area contributed by atoms with Crippen LogP contribution >= 0.6 is 11.3 Å². The molecule has 0 bridgehead atoms. The Morgan fingerprint density at radius 2 is 2.05 bits per heavy atom. The fraction of sp³-hybridized carbons (Fsp3) is 0.250. The van der Waals surface area contributed by atoms with Gasteiger partial charge in [-0.15, -0.1) is 11.3 Å². The lowest BCUT2D eigenvalue weighted by molar-refractivity contribution is 0.415. The Kier molecular flexibility index (Phi) is 3.75. The van der Waals surface area contributed by atoms with Crippen molar-refractivity contribution in [2.75, 3.05) is 7.11 Å². The van der Waals surface area contributed by atoms with Gasteiger partial charge < -0.3 is 4.74 Å². The van der Waals surface area contributed by atoms with Crippen molar-refractivity contribution in [1.82, 2.24) is 9.38 Å². The van der Waals surface area contributed by atoms with E-state index in [4.69, 9.17) is 4.74 Å². The lowest BCUT2D eigenvalue weighted by atomic mass is 10.1.